The zero-order valence-electron chi connectivity index (χ0n) is 15.1. The van der Waals surface area contributed by atoms with E-state index in [9.17, 15) is 4.79 Å². The number of nitrogens with two attached hydrogens (primary N) is 1. The van der Waals surface area contributed by atoms with Crippen molar-refractivity contribution in [3.63, 3.8) is 0 Å². The topological polar surface area (TPSA) is 82.8 Å². The third-order valence-electron chi connectivity index (χ3n) is 4.46. The third-order valence-corrected chi connectivity index (χ3v) is 4.46. The number of ether oxygens (including phenoxy) is 3. The fraction of sp³-hybridized carbons (Fsp3) is 0.611. The van der Waals surface area contributed by atoms with Crippen molar-refractivity contribution in [2.75, 3.05) is 27.4 Å². The van der Waals surface area contributed by atoms with E-state index in [0.717, 1.165) is 18.4 Å². The third kappa shape index (κ3) is 6.06. The maximum Gasteiger partial charge on any atom is 0.237 e. The van der Waals surface area contributed by atoms with E-state index in [2.05, 4.69) is 5.32 Å². The molecule has 2 atom stereocenters. The minimum absolute atomic E-state index is 0. The van der Waals surface area contributed by atoms with E-state index in [0.29, 0.717) is 31.1 Å². The van der Waals surface area contributed by atoms with Crippen LogP contribution < -0.4 is 20.5 Å². The van der Waals surface area contributed by atoms with E-state index in [1.54, 1.807) is 14.2 Å². The Balaban J connectivity index is 0.00000312. The van der Waals surface area contributed by atoms with Gasteiger partial charge < -0.3 is 25.3 Å². The van der Waals surface area contributed by atoms with Gasteiger partial charge in [-0.2, -0.15) is 0 Å². The van der Waals surface area contributed by atoms with Gasteiger partial charge in [-0.3, -0.25) is 4.79 Å². The lowest BCUT2D eigenvalue weighted by Gasteiger charge is -2.27. The molecule has 2 rings (SSSR count). The highest BCUT2D eigenvalue weighted by molar-refractivity contribution is 5.85. The Bertz CT molecular complexity index is 550. The molecule has 1 heterocycles. The van der Waals surface area contributed by atoms with Crippen LogP contribution in [-0.2, 0) is 16.0 Å². The first kappa shape index (κ1) is 21.5. The van der Waals surface area contributed by atoms with Crippen LogP contribution >= 0.6 is 12.4 Å². The summed E-state index contributed by atoms with van der Waals surface area (Å²) in [7, 11) is 3.22. The summed E-state index contributed by atoms with van der Waals surface area (Å²) in [6, 6.07) is 5.29. The molecule has 1 fully saturated rings. The largest absolute Gasteiger partial charge is 0.493 e. The zero-order chi connectivity index (χ0) is 17.5. The molecule has 0 bridgehead atoms. The summed E-state index contributed by atoms with van der Waals surface area (Å²) < 4.78 is 15.9. The van der Waals surface area contributed by atoms with Crippen LogP contribution in [-0.4, -0.2) is 45.4 Å². The predicted molar refractivity (Wildman–Crippen MR) is 99.6 cm³/mol. The molecule has 142 valence electrons. The molecule has 6 nitrogen and oxygen atoms in total. The van der Waals surface area contributed by atoms with Crippen molar-refractivity contribution in [2.24, 2.45) is 11.7 Å². The lowest BCUT2D eigenvalue weighted by molar-refractivity contribution is -0.124. The maximum absolute atomic E-state index is 12.3. The number of carbonyl (C=O) groups is 1. The summed E-state index contributed by atoms with van der Waals surface area (Å²) in [6.45, 7) is 3.35. The van der Waals surface area contributed by atoms with Crippen molar-refractivity contribution in [1.82, 2.24) is 5.32 Å². The first-order chi connectivity index (χ1) is 11.5. The molecule has 0 radical (unpaired) electrons. The molecule has 25 heavy (non-hydrogen) atoms. The minimum Gasteiger partial charge on any atom is -0.493 e. The Kier molecular flexibility index (Phi) is 9.03. The molecule has 7 heteroatoms. The number of methoxy groups -OCH3 is 2. The van der Waals surface area contributed by atoms with Crippen LogP contribution in [0.25, 0.3) is 0 Å². The molecule has 0 spiro atoms. The van der Waals surface area contributed by atoms with E-state index < -0.39 is 6.04 Å². The molecule has 3 N–H and O–H groups in total. The number of hydrogen-bond donors (Lipinski definition) is 2. The van der Waals surface area contributed by atoms with Crippen molar-refractivity contribution in [1.29, 1.82) is 0 Å². The first-order valence-electron chi connectivity index (χ1n) is 8.39. The number of benzene rings is 1. The molecule has 1 aromatic rings. The minimum atomic E-state index is -0.471. The summed E-state index contributed by atoms with van der Waals surface area (Å²) in [4.78, 5) is 12.3. The van der Waals surface area contributed by atoms with E-state index in [1.807, 2.05) is 25.1 Å². The monoisotopic (exact) mass is 372 g/mol. The number of halogens is 1. The number of carbonyl (C=O) groups excluding carboxylic acids is 1. The van der Waals surface area contributed by atoms with Gasteiger partial charge in [0.05, 0.1) is 20.3 Å². The maximum atomic E-state index is 12.3. The van der Waals surface area contributed by atoms with Crippen LogP contribution in [0.5, 0.6) is 11.5 Å². The molecule has 1 aromatic carbocycles. The van der Waals surface area contributed by atoms with Crippen LogP contribution in [0, 0.1) is 5.92 Å². The van der Waals surface area contributed by atoms with Crippen LogP contribution in [0.15, 0.2) is 18.2 Å². The second-order valence-corrected chi connectivity index (χ2v) is 6.28. The second kappa shape index (κ2) is 10.5. The zero-order valence-corrected chi connectivity index (χ0v) is 15.9. The fourth-order valence-corrected chi connectivity index (χ4v) is 3.04. The van der Waals surface area contributed by atoms with Crippen LogP contribution in [0.3, 0.4) is 0 Å². The molecule has 1 amide bonds. The Morgan fingerprint density at radius 3 is 2.52 bits per heavy atom. The highest BCUT2D eigenvalue weighted by Crippen LogP contribution is 2.28. The van der Waals surface area contributed by atoms with Crippen molar-refractivity contribution < 1.29 is 19.0 Å². The van der Waals surface area contributed by atoms with Crippen LogP contribution in [0.2, 0.25) is 0 Å². The summed E-state index contributed by atoms with van der Waals surface area (Å²) in [5.41, 5.74) is 7.18. The van der Waals surface area contributed by atoms with Gasteiger partial charge in [0, 0.05) is 19.3 Å². The highest BCUT2D eigenvalue weighted by Gasteiger charge is 2.27. The Morgan fingerprint density at radius 1 is 1.28 bits per heavy atom. The van der Waals surface area contributed by atoms with E-state index in [-0.39, 0.29) is 30.3 Å². The number of rotatable bonds is 7. The molecule has 1 saturated heterocycles. The van der Waals surface area contributed by atoms with Gasteiger partial charge in [0.15, 0.2) is 11.5 Å². The molecular formula is C18H29ClN2O4. The molecule has 0 saturated carbocycles. The Hall–Kier alpha value is -1.50. The normalized spacial score (nSPS) is 17.1. The van der Waals surface area contributed by atoms with Gasteiger partial charge in [0.25, 0.3) is 0 Å². The fourth-order valence-electron chi connectivity index (χ4n) is 3.04. The average molecular weight is 373 g/mol. The second-order valence-electron chi connectivity index (χ2n) is 6.28. The Morgan fingerprint density at radius 2 is 1.92 bits per heavy atom. The van der Waals surface area contributed by atoms with Gasteiger partial charge in [0.2, 0.25) is 5.91 Å². The van der Waals surface area contributed by atoms with Gasteiger partial charge >= 0.3 is 0 Å². The van der Waals surface area contributed by atoms with Crippen molar-refractivity contribution in [2.45, 2.75) is 38.3 Å². The summed E-state index contributed by atoms with van der Waals surface area (Å²) >= 11 is 0. The summed E-state index contributed by atoms with van der Waals surface area (Å²) in [5, 5.41) is 3.01. The number of nitrogens with one attached hydrogen (secondary N) is 1. The molecule has 2 unspecified atom stereocenters. The van der Waals surface area contributed by atoms with Gasteiger partial charge in [-0.1, -0.05) is 6.07 Å². The predicted octanol–water partition coefficient (Wildman–Crippen LogP) is 1.93. The van der Waals surface area contributed by atoms with E-state index in [1.165, 1.54) is 0 Å². The number of amides is 1. The van der Waals surface area contributed by atoms with Gasteiger partial charge in [-0.05, 0) is 49.8 Å². The van der Waals surface area contributed by atoms with Crippen molar-refractivity contribution >= 4 is 18.3 Å². The molecule has 1 aliphatic rings. The molecule has 1 aliphatic heterocycles. The van der Waals surface area contributed by atoms with Crippen molar-refractivity contribution in [3.8, 4) is 11.5 Å². The quantitative estimate of drug-likeness (QED) is 0.764. The standard InChI is InChI=1S/C18H28N2O4.ClH/c1-12(10-13-4-5-15(22-2)16(11-13)23-3)20-18(21)17(19)14-6-8-24-9-7-14;/h4-5,11-12,14,17H,6-10,19H2,1-3H3,(H,20,21);1H. The van der Waals surface area contributed by atoms with Crippen LogP contribution in [0.1, 0.15) is 25.3 Å². The Labute approximate surface area is 155 Å². The average Bonchev–Trinajstić information content (AvgIpc) is 2.61. The number of hydrogen-bond acceptors (Lipinski definition) is 5. The summed E-state index contributed by atoms with van der Waals surface area (Å²) in [5.74, 6) is 1.49. The lowest BCUT2D eigenvalue weighted by Crippen LogP contribution is -2.49. The van der Waals surface area contributed by atoms with Crippen LogP contribution in [0.4, 0.5) is 0 Å². The summed E-state index contributed by atoms with van der Waals surface area (Å²) in [6.07, 6.45) is 2.39. The van der Waals surface area contributed by atoms with Gasteiger partial charge in [0.1, 0.15) is 0 Å². The van der Waals surface area contributed by atoms with Gasteiger partial charge in [-0.15, -0.1) is 12.4 Å². The lowest BCUT2D eigenvalue weighted by atomic mass is 9.91. The molecule has 0 aromatic heterocycles. The SMILES string of the molecule is COc1ccc(CC(C)NC(=O)C(N)C2CCOCC2)cc1OC.Cl. The van der Waals surface area contributed by atoms with E-state index in [4.69, 9.17) is 19.9 Å². The van der Waals surface area contributed by atoms with E-state index >= 15 is 0 Å². The highest BCUT2D eigenvalue weighted by atomic mass is 35.5. The molecule has 0 aliphatic carbocycles. The van der Waals surface area contributed by atoms with Crippen molar-refractivity contribution in [3.05, 3.63) is 23.8 Å². The smallest absolute Gasteiger partial charge is 0.237 e. The first-order valence-corrected chi connectivity index (χ1v) is 8.39. The molecular weight excluding hydrogens is 344 g/mol. The van der Waals surface area contributed by atoms with Gasteiger partial charge in [-0.25, -0.2) is 0 Å².